The maximum atomic E-state index is 13.8. The highest BCUT2D eigenvalue weighted by Gasteiger charge is 2.20. The summed E-state index contributed by atoms with van der Waals surface area (Å²) >= 11 is 5.81. The Balaban J connectivity index is 2.44. The average Bonchev–Trinajstić information content (AvgIpc) is 2.42. The Kier molecular flexibility index (Phi) is 4.04. The molecule has 0 saturated heterocycles. The summed E-state index contributed by atoms with van der Waals surface area (Å²) in [5, 5.41) is 19.6. The van der Waals surface area contributed by atoms with Gasteiger partial charge in [0.2, 0.25) is 5.75 Å². The van der Waals surface area contributed by atoms with E-state index in [-0.39, 0.29) is 22.1 Å². The fraction of sp³-hybridized carbons (Fsp3) is 0. The number of para-hydroxylation sites is 1. The number of ether oxygens (including phenoxy) is 1. The van der Waals surface area contributed by atoms with Gasteiger partial charge in [-0.05, 0) is 24.3 Å². The van der Waals surface area contributed by atoms with E-state index in [1.807, 2.05) is 0 Å². The molecule has 0 fully saturated rings. The number of nitrogens with zero attached hydrogens (tertiary/aromatic N) is 1. The van der Waals surface area contributed by atoms with Crippen LogP contribution in [0, 0.1) is 15.9 Å². The van der Waals surface area contributed by atoms with Crippen molar-refractivity contribution >= 4 is 23.3 Å². The van der Waals surface area contributed by atoms with Gasteiger partial charge in [0, 0.05) is 6.07 Å². The Labute approximate surface area is 122 Å². The Morgan fingerprint density at radius 2 is 2.05 bits per heavy atom. The molecule has 0 aliphatic carbocycles. The van der Waals surface area contributed by atoms with Gasteiger partial charge in [0.25, 0.3) is 0 Å². The molecule has 108 valence electrons. The molecule has 2 aromatic rings. The molecule has 0 saturated carbocycles. The van der Waals surface area contributed by atoms with Crippen LogP contribution in [0.15, 0.2) is 36.4 Å². The lowest BCUT2D eigenvalue weighted by Crippen LogP contribution is -1.99. The molecular weight excluding hydrogens is 305 g/mol. The van der Waals surface area contributed by atoms with Gasteiger partial charge in [0.15, 0.2) is 11.6 Å². The second kappa shape index (κ2) is 5.76. The molecule has 1 N–H and O–H groups in total. The van der Waals surface area contributed by atoms with Crippen molar-refractivity contribution in [1.82, 2.24) is 0 Å². The molecule has 0 amide bonds. The van der Waals surface area contributed by atoms with Gasteiger partial charge in [0.1, 0.15) is 0 Å². The van der Waals surface area contributed by atoms with Crippen LogP contribution in [-0.2, 0) is 0 Å². The lowest BCUT2D eigenvalue weighted by atomic mass is 10.2. The number of rotatable bonds is 4. The van der Waals surface area contributed by atoms with Gasteiger partial charge in [0.05, 0.1) is 15.5 Å². The lowest BCUT2D eigenvalue weighted by Gasteiger charge is -2.09. The van der Waals surface area contributed by atoms with E-state index in [4.69, 9.17) is 21.4 Å². The minimum Gasteiger partial charge on any atom is -0.478 e. The molecule has 0 aliphatic rings. The number of hydrogen-bond donors (Lipinski definition) is 1. The Bertz CT molecular complexity index is 734. The summed E-state index contributed by atoms with van der Waals surface area (Å²) in [6.45, 7) is 0. The third-order valence-corrected chi connectivity index (χ3v) is 2.83. The van der Waals surface area contributed by atoms with Crippen LogP contribution in [0.4, 0.5) is 10.1 Å². The average molecular weight is 312 g/mol. The van der Waals surface area contributed by atoms with Crippen LogP contribution in [0.3, 0.4) is 0 Å². The van der Waals surface area contributed by atoms with Crippen LogP contribution in [0.5, 0.6) is 11.5 Å². The Hall–Kier alpha value is -2.67. The van der Waals surface area contributed by atoms with E-state index < -0.39 is 22.4 Å². The summed E-state index contributed by atoms with van der Waals surface area (Å²) in [6, 6.07) is 6.80. The molecule has 2 aromatic carbocycles. The SMILES string of the molecule is O=C(O)c1ccc(Oc2c(Cl)cccc2[N+](=O)[O-])c(F)c1. The molecule has 0 atom stereocenters. The van der Waals surface area contributed by atoms with Crippen LogP contribution in [0.25, 0.3) is 0 Å². The predicted octanol–water partition coefficient (Wildman–Crippen LogP) is 3.88. The first kappa shape index (κ1) is 14.7. The van der Waals surface area contributed by atoms with E-state index in [0.717, 1.165) is 24.3 Å². The molecular formula is C13H7ClFNO5. The lowest BCUT2D eigenvalue weighted by molar-refractivity contribution is -0.385. The van der Waals surface area contributed by atoms with Crippen LogP contribution in [0.2, 0.25) is 5.02 Å². The first-order valence-corrected chi connectivity index (χ1v) is 5.91. The number of nitro benzene ring substituents is 1. The standard InChI is InChI=1S/C13H7ClFNO5/c14-8-2-1-3-10(16(19)20)12(8)21-11-5-4-7(13(17)18)6-9(11)15/h1-6H,(H,17,18). The van der Waals surface area contributed by atoms with Crippen molar-refractivity contribution in [2.75, 3.05) is 0 Å². The highest BCUT2D eigenvalue weighted by atomic mass is 35.5. The molecule has 6 nitrogen and oxygen atoms in total. The van der Waals surface area contributed by atoms with Crippen LogP contribution >= 0.6 is 11.6 Å². The summed E-state index contributed by atoms with van der Waals surface area (Å²) in [5.41, 5.74) is -0.697. The second-order valence-corrected chi connectivity index (χ2v) is 4.30. The van der Waals surface area contributed by atoms with E-state index in [1.165, 1.54) is 12.1 Å². The summed E-state index contributed by atoms with van der Waals surface area (Å²) in [4.78, 5) is 20.9. The number of carboxylic acid groups (broad SMARTS) is 1. The zero-order valence-corrected chi connectivity index (χ0v) is 11.0. The molecule has 0 bridgehead atoms. The fourth-order valence-electron chi connectivity index (χ4n) is 1.57. The van der Waals surface area contributed by atoms with Crippen LogP contribution in [-0.4, -0.2) is 16.0 Å². The van der Waals surface area contributed by atoms with Crippen LogP contribution in [0.1, 0.15) is 10.4 Å². The van der Waals surface area contributed by atoms with E-state index >= 15 is 0 Å². The Morgan fingerprint density at radius 3 is 2.62 bits per heavy atom. The van der Waals surface area contributed by atoms with Gasteiger partial charge in [-0.1, -0.05) is 17.7 Å². The van der Waals surface area contributed by atoms with Gasteiger partial charge >= 0.3 is 11.7 Å². The molecule has 0 aliphatic heterocycles. The molecule has 2 rings (SSSR count). The van der Waals surface area contributed by atoms with Gasteiger partial charge < -0.3 is 9.84 Å². The smallest absolute Gasteiger partial charge is 0.335 e. The van der Waals surface area contributed by atoms with Gasteiger partial charge in [-0.3, -0.25) is 10.1 Å². The van der Waals surface area contributed by atoms with Crippen molar-refractivity contribution in [3.05, 3.63) is 62.9 Å². The fourth-order valence-corrected chi connectivity index (χ4v) is 1.78. The maximum absolute atomic E-state index is 13.8. The van der Waals surface area contributed by atoms with E-state index in [1.54, 1.807) is 0 Å². The first-order valence-electron chi connectivity index (χ1n) is 5.53. The largest absolute Gasteiger partial charge is 0.478 e. The first-order chi connectivity index (χ1) is 9.90. The van der Waals surface area contributed by atoms with Crippen molar-refractivity contribution in [3.8, 4) is 11.5 Å². The van der Waals surface area contributed by atoms with E-state index in [9.17, 15) is 19.3 Å². The van der Waals surface area contributed by atoms with Crippen molar-refractivity contribution in [3.63, 3.8) is 0 Å². The van der Waals surface area contributed by atoms with Crippen molar-refractivity contribution in [2.24, 2.45) is 0 Å². The van der Waals surface area contributed by atoms with Crippen molar-refractivity contribution < 1.29 is 24.0 Å². The number of halogens is 2. The molecule has 0 aromatic heterocycles. The third-order valence-electron chi connectivity index (χ3n) is 2.53. The molecule has 0 spiro atoms. The van der Waals surface area contributed by atoms with Crippen LogP contribution < -0.4 is 4.74 Å². The summed E-state index contributed by atoms with van der Waals surface area (Å²) in [6.07, 6.45) is 0. The zero-order chi connectivity index (χ0) is 15.6. The van der Waals surface area contributed by atoms with Gasteiger partial charge in [-0.2, -0.15) is 0 Å². The number of carboxylic acids is 1. The number of carbonyl (C=O) groups is 1. The number of aromatic carboxylic acids is 1. The molecule has 0 unspecified atom stereocenters. The monoisotopic (exact) mass is 311 g/mol. The summed E-state index contributed by atoms with van der Waals surface area (Å²) in [5.74, 6) is -2.95. The summed E-state index contributed by atoms with van der Waals surface area (Å²) in [7, 11) is 0. The molecule has 8 heteroatoms. The number of hydrogen-bond acceptors (Lipinski definition) is 4. The predicted molar refractivity (Wildman–Crippen MR) is 71.5 cm³/mol. The second-order valence-electron chi connectivity index (χ2n) is 3.90. The number of benzene rings is 2. The van der Waals surface area contributed by atoms with Gasteiger partial charge in [-0.25, -0.2) is 9.18 Å². The Morgan fingerprint density at radius 1 is 1.33 bits per heavy atom. The molecule has 0 radical (unpaired) electrons. The maximum Gasteiger partial charge on any atom is 0.335 e. The topological polar surface area (TPSA) is 89.7 Å². The van der Waals surface area contributed by atoms with E-state index in [2.05, 4.69) is 0 Å². The minimum absolute atomic E-state index is 0.0640. The highest BCUT2D eigenvalue weighted by Crippen LogP contribution is 2.38. The quantitative estimate of drug-likeness (QED) is 0.683. The van der Waals surface area contributed by atoms with Crippen molar-refractivity contribution in [2.45, 2.75) is 0 Å². The molecule has 0 heterocycles. The summed E-state index contributed by atoms with van der Waals surface area (Å²) < 4.78 is 18.9. The minimum atomic E-state index is -1.30. The van der Waals surface area contributed by atoms with E-state index in [0.29, 0.717) is 0 Å². The van der Waals surface area contributed by atoms with Crippen molar-refractivity contribution in [1.29, 1.82) is 0 Å². The normalized spacial score (nSPS) is 10.2. The highest BCUT2D eigenvalue weighted by molar-refractivity contribution is 6.32. The third kappa shape index (κ3) is 3.09. The number of nitro groups is 1. The molecule has 21 heavy (non-hydrogen) atoms. The zero-order valence-electron chi connectivity index (χ0n) is 10.2. The van der Waals surface area contributed by atoms with Gasteiger partial charge in [-0.15, -0.1) is 0 Å².